The summed E-state index contributed by atoms with van der Waals surface area (Å²) in [6, 6.07) is 7.71. The van der Waals surface area contributed by atoms with Crippen LogP contribution in [0.25, 0.3) is 11.0 Å². The summed E-state index contributed by atoms with van der Waals surface area (Å²) in [6.07, 6.45) is 1.67. The molecule has 0 atom stereocenters. The van der Waals surface area contributed by atoms with Crippen molar-refractivity contribution in [1.29, 1.82) is 0 Å². The van der Waals surface area contributed by atoms with Gasteiger partial charge in [0, 0.05) is 5.33 Å². The fourth-order valence-corrected chi connectivity index (χ4v) is 1.40. The predicted octanol–water partition coefficient (Wildman–Crippen LogP) is 3.21. The Morgan fingerprint density at radius 3 is 3.08 bits per heavy atom. The van der Waals surface area contributed by atoms with Gasteiger partial charge in [-0.1, -0.05) is 22.0 Å². The molecule has 2 aromatic rings. The van der Waals surface area contributed by atoms with E-state index in [4.69, 9.17) is 9.15 Å². The van der Waals surface area contributed by atoms with Gasteiger partial charge < -0.3 is 9.15 Å². The maximum Gasteiger partial charge on any atom is 0.137 e. The van der Waals surface area contributed by atoms with Gasteiger partial charge in [0.05, 0.1) is 18.3 Å². The molecular weight excluding hydrogens is 232 g/mol. The second-order valence-electron chi connectivity index (χ2n) is 2.63. The summed E-state index contributed by atoms with van der Waals surface area (Å²) in [5.74, 6) is 0.880. The van der Waals surface area contributed by atoms with E-state index in [-0.39, 0.29) is 0 Å². The predicted molar refractivity (Wildman–Crippen MR) is 55.5 cm³/mol. The van der Waals surface area contributed by atoms with E-state index in [9.17, 15) is 0 Å². The number of hydrogen-bond acceptors (Lipinski definition) is 2. The molecular formula is C10H9BrO2. The first-order valence-corrected chi connectivity index (χ1v) is 5.19. The largest absolute Gasteiger partial charge is 0.492 e. The molecule has 0 amide bonds. The summed E-state index contributed by atoms with van der Waals surface area (Å²) in [5.41, 5.74) is 0.868. The van der Waals surface area contributed by atoms with Crippen LogP contribution in [0.3, 0.4) is 0 Å². The molecule has 3 heteroatoms. The van der Waals surface area contributed by atoms with Crippen LogP contribution in [0, 0.1) is 0 Å². The number of halogens is 1. The third-order valence-corrected chi connectivity index (χ3v) is 2.11. The third kappa shape index (κ3) is 1.70. The second kappa shape index (κ2) is 3.83. The molecule has 0 radical (unpaired) electrons. The standard InChI is InChI=1S/C10H9BrO2/c11-5-7-13-10-3-1-2-9-8(10)4-6-12-9/h1-4,6H,5,7H2. The highest BCUT2D eigenvalue weighted by molar-refractivity contribution is 9.09. The zero-order valence-corrected chi connectivity index (χ0v) is 8.58. The summed E-state index contributed by atoms with van der Waals surface area (Å²) in [7, 11) is 0. The lowest BCUT2D eigenvalue weighted by molar-refractivity contribution is 0.349. The first-order valence-electron chi connectivity index (χ1n) is 4.07. The van der Waals surface area contributed by atoms with Crippen LogP contribution in [0.1, 0.15) is 0 Å². The van der Waals surface area contributed by atoms with Crippen LogP contribution in [0.5, 0.6) is 5.75 Å². The van der Waals surface area contributed by atoms with Crippen molar-refractivity contribution in [3.8, 4) is 5.75 Å². The summed E-state index contributed by atoms with van der Waals surface area (Å²) < 4.78 is 10.8. The molecule has 2 rings (SSSR count). The zero-order chi connectivity index (χ0) is 9.10. The van der Waals surface area contributed by atoms with E-state index in [1.54, 1.807) is 6.26 Å². The zero-order valence-electron chi connectivity index (χ0n) is 7.00. The van der Waals surface area contributed by atoms with Gasteiger partial charge in [-0.3, -0.25) is 0 Å². The van der Waals surface area contributed by atoms with Gasteiger partial charge in [-0.15, -0.1) is 0 Å². The van der Waals surface area contributed by atoms with E-state index in [2.05, 4.69) is 15.9 Å². The fourth-order valence-electron chi connectivity index (χ4n) is 1.24. The Kier molecular flexibility index (Phi) is 2.54. The lowest BCUT2D eigenvalue weighted by Crippen LogP contribution is -1.97. The average molecular weight is 241 g/mol. The molecule has 0 aliphatic heterocycles. The van der Waals surface area contributed by atoms with Crippen LogP contribution < -0.4 is 4.74 Å². The summed E-state index contributed by atoms with van der Waals surface area (Å²) in [4.78, 5) is 0. The molecule has 0 unspecified atom stereocenters. The van der Waals surface area contributed by atoms with Gasteiger partial charge in [0.15, 0.2) is 0 Å². The van der Waals surface area contributed by atoms with Crippen LogP contribution in [0.2, 0.25) is 0 Å². The SMILES string of the molecule is BrCCOc1cccc2occc12. The summed E-state index contributed by atoms with van der Waals surface area (Å²) in [6.45, 7) is 0.671. The molecule has 1 aromatic heterocycles. The molecule has 0 saturated carbocycles. The van der Waals surface area contributed by atoms with Crippen LogP contribution in [-0.4, -0.2) is 11.9 Å². The first-order chi connectivity index (χ1) is 6.42. The minimum absolute atomic E-state index is 0.671. The van der Waals surface area contributed by atoms with Gasteiger partial charge in [0.25, 0.3) is 0 Å². The average Bonchev–Trinajstić information content (AvgIpc) is 2.62. The molecule has 1 aromatic carbocycles. The van der Waals surface area contributed by atoms with Crippen molar-refractivity contribution in [2.75, 3.05) is 11.9 Å². The summed E-state index contributed by atoms with van der Waals surface area (Å²) >= 11 is 3.31. The van der Waals surface area contributed by atoms with Crippen LogP contribution in [-0.2, 0) is 0 Å². The number of rotatable bonds is 3. The lowest BCUT2D eigenvalue weighted by atomic mass is 10.2. The van der Waals surface area contributed by atoms with Crippen LogP contribution in [0.4, 0.5) is 0 Å². The molecule has 0 spiro atoms. The fraction of sp³-hybridized carbons (Fsp3) is 0.200. The number of furan rings is 1. The second-order valence-corrected chi connectivity index (χ2v) is 3.42. The number of alkyl halides is 1. The molecule has 0 bridgehead atoms. The molecule has 0 fully saturated rings. The van der Waals surface area contributed by atoms with Crippen molar-refractivity contribution >= 4 is 26.9 Å². The minimum atomic E-state index is 0.671. The lowest BCUT2D eigenvalue weighted by Gasteiger charge is -2.03. The number of hydrogen-bond donors (Lipinski definition) is 0. The van der Waals surface area contributed by atoms with Gasteiger partial charge >= 0.3 is 0 Å². The van der Waals surface area contributed by atoms with Crippen LogP contribution >= 0.6 is 15.9 Å². The third-order valence-electron chi connectivity index (χ3n) is 1.79. The van der Waals surface area contributed by atoms with Gasteiger partial charge in [-0.05, 0) is 18.2 Å². The highest BCUT2D eigenvalue weighted by Crippen LogP contribution is 2.26. The van der Waals surface area contributed by atoms with Gasteiger partial charge in [0.1, 0.15) is 11.3 Å². The monoisotopic (exact) mass is 240 g/mol. The topological polar surface area (TPSA) is 22.4 Å². The van der Waals surface area contributed by atoms with Crippen molar-refractivity contribution in [2.24, 2.45) is 0 Å². The van der Waals surface area contributed by atoms with Crippen LogP contribution in [0.15, 0.2) is 34.9 Å². The van der Waals surface area contributed by atoms with Gasteiger partial charge in [-0.25, -0.2) is 0 Å². The molecule has 0 aliphatic carbocycles. The Morgan fingerprint density at radius 2 is 2.23 bits per heavy atom. The molecule has 13 heavy (non-hydrogen) atoms. The molecule has 1 heterocycles. The summed E-state index contributed by atoms with van der Waals surface area (Å²) in [5, 5.41) is 1.87. The maximum absolute atomic E-state index is 5.52. The van der Waals surface area contributed by atoms with Gasteiger partial charge in [0.2, 0.25) is 0 Å². The van der Waals surface area contributed by atoms with Crippen molar-refractivity contribution in [3.63, 3.8) is 0 Å². The van der Waals surface area contributed by atoms with E-state index >= 15 is 0 Å². The smallest absolute Gasteiger partial charge is 0.137 e. The minimum Gasteiger partial charge on any atom is -0.492 e. The normalized spacial score (nSPS) is 10.5. The Bertz CT molecular complexity index is 394. The van der Waals surface area contributed by atoms with E-state index < -0.39 is 0 Å². The maximum atomic E-state index is 5.52. The highest BCUT2D eigenvalue weighted by atomic mass is 79.9. The van der Waals surface area contributed by atoms with Crippen molar-refractivity contribution < 1.29 is 9.15 Å². The number of benzene rings is 1. The van der Waals surface area contributed by atoms with Crippen molar-refractivity contribution in [3.05, 3.63) is 30.5 Å². The Morgan fingerprint density at radius 1 is 1.31 bits per heavy atom. The Labute approximate surface area is 84.6 Å². The quantitative estimate of drug-likeness (QED) is 0.770. The van der Waals surface area contributed by atoms with E-state index in [0.29, 0.717) is 6.61 Å². The molecule has 68 valence electrons. The van der Waals surface area contributed by atoms with E-state index in [1.807, 2.05) is 24.3 Å². The number of fused-ring (bicyclic) bond motifs is 1. The van der Waals surface area contributed by atoms with E-state index in [1.165, 1.54) is 0 Å². The highest BCUT2D eigenvalue weighted by Gasteiger charge is 2.02. The van der Waals surface area contributed by atoms with Crippen molar-refractivity contribution in [1.82, 2.24) is 0 Å². The molecule has 2 nitrogen and oxygen atoms in total. The Hall–Kier alpha value is -0.960. The van der Waals surface area contributed by atoms with Crippen molar-refractivity contribution in [2.45, 2.75) is 0 Å². The Balaban J connectivity index is 2.37. The van der Waals surface area contributed by atoms with Gasteiger partial charge in [-0.2, -0.15) is 0 Å². The molecule has 0 saturated heterocycles. The molecule has 0 aliphatic rings. The number of ether oxygens (including phenoxy) is 1. The first kappa shape index (κ1) is 8.63. The molecule has 0 N–H and O–H groups in total. The van der Waals surface area contributed by atoms with E-state index in [0.717, 1.165) is 22.0 Å².